The number of carbonyl (C=O) groups is 3. The zero-order valence-corrected chi connectivity index (χ0v) is 14.2. The van der Waals surface area contributed by atoms with Gasteiger partial charge in [-0.05, 0) is 26.7 Å². The van der Waals surface area contributed by atoms with E-state index in [0.29, 0.717) is 6.42 Å². The second kappa shape index (κ2) is 11.0. The summed E-state index contributed by atoms with van der Waals surface area (Å²) in [5.41, 5.74) is 0. The van der Waals surface area contributed by atoms with E-state index in [4.69, 9.17) is 14.2 Å². The second-order valence-corrected chi connectivity index (χ2v) is 5.43. The van der Waals surface area contributed by atoms with E-state index in [1.807, 2.05) is 13.8 Å². The molecule has 6 nitrogen and oxygen atoms in total. The highest BCUT2D eigenvalue weighted by Crippen LogP contribution is 2.11. The highest BCUT2D eigenvalue weighted by molar-refractivity contribution is 5.84. The van der Waals surface area contributed by atoms with Crippen molar-refractivity contribution in [3.05, 3.63) is 0 Å². The molecular weight excluding hydrogens is 288 g/mol. The van der Waals surface area contributed by atoms with Crippen molar-refractivity contribution in [1.82, 2.24) is 0 Å². The Morgan fingerprint density at radius 3 is 1.82 bits per heavy atom. The van der Waals surface area contributed by atoms with E-state index in [1.165, 1.54) is 6.92 Å². The normalized spacial score (nSPS) is 14.6. The van der Waals surface area contributed by atoms with E-state index in [1.54, 1.807) is 13.8 Å². The van der Waals surface area contributed by atoms with Crippen LogP contribution in [0.2, 0.25) is 0 Å². The van der Waals surface area contributed by atoms with Gasteiger partial charge in [0.1, 0.15) is 0 Å². The average Bonchev–Trinajstić information content (AvgIpc) is 2.37. The van der Waals surface area contributed by atoms with Crippen LogP contribution in [0.1, 0.15) is 66.7 Å². The van der Waals surface area contributed by atoms with Gasteiger partial charge in [-0.1, -0.05) is 26.7 Å². The summed E-state index contributed by atoms with van der Waals surface area (Å²) in [6.07, 6.45) is 1.10. The molecule has 0 radical (unpaired) electrons. The summed E-state index contributed by atoms with van der Waals surface area (Å²) in [6, 6.07) is 0. The van der Waals surface area contributed by atoms with Crippen molar-refractivity contribution >= 4 is 17.9 Å². The Bertz CT molecular complexity index is 366. The molecule has 0 aliphatic rings. The number of hydrogen-bond donors (Lipinski definition) is 0. The molecule has 0 aromatic carbocycles. The summed E-state index contributed by atoms with van der Waals surface area (Å²) >= 11 is 0. The standard InChI is InChI=1S/C16H28O6/c1-6-8-11(3)20-15(18)10-14(22-13(5)17)16(19)21-12(4)9-7-2/h11-12,14H,6-10H2,1-5H3/t11?,12?,14-/m1/s1. The fraction of sp³-hybridized carbons (Fsp3) is 0.812. The third-order valence-electron chi connectivity index (χ3n) is 2.96. The summed E-state index contributed by atoms with van der Waals surface area (Å²) < 4.78 is 15.2. The van der Waals surface area contributed by atoms with E-state index in [-0.39, 0.29) is 18.6 Å². The molecular formula is C16H28O6. The lowest BCUT2D eigenvalue weighted by atomic mass is 10.2. The SMILES string of the molecule is CCCC(C)OC(=O)C[C@@H](OC(C)=O)C(=O)OC(C)CCC. The van der Waals surface area contributed by atoms with Gasteiger partial charge in [0.05, 0.1) is 18.6 Å². The fourth-order valence-corrected chi connectivity index (χ4v) is 2.00. The Morgan fingerprint density at radius 2 is 1.36 bits per heavy atom. The maximum Gasteiger partial charge on any atom is 0.348 e. The number of esters is 3. The van der Waals surface area contributed by atoms with Crippen molar-refractivity contribution in [2.24, 2.45) is 0 Å². The maximum absolute atomic E-state index is 12.0. The summed E-state index contributed by atoms with van der Waals surface area (Å²) in [7, 11) is 0. The lowest BCUT2D eigenvalue weighted by molar-refractivity contribution is -0.174. The van der Waals surface area contributed by atoms with Crippen LogP contribution in [0, 0.1) is 0 Å². The van der Waals surface area contributed by atoms with Crippen LogP contribution in [0.5, 0.6) is 0 Å². The lowest BCUT2D eigenvalue weighted by Crippen LogP contribution is -2.34. The van der Waals surface area contributed by atoms with Crippen molar-refractivity contribution in [1.29, 1.82) is 0 Å². The van der Waals surface area contributed by atoms with E-state index in [2.05, 4.69) is 0 Å². The zero-order chi connectivity index (χ0) is 17.1. The van der Waals surface area contributed by atoms with Crippen molar-refractivity contribution in [2.75, 3.05) is 0 Å². The average molecular weight is 316 g/mol. The molecule has 0 saturated carbocycles. The van der Waals surface area contributed by atoms with E-state index >= 15 is 0 Å². The predicted octanol–water partition coefficient (Wildman–Crippen LogP) is 2.77. The third kappa shape index (κ3) is 9.37. The molecule has 2 unspecified atom stereocenters. The van der Waals surface area contributed by atoms with Crippen LogP contribution < -0.4 is 0 Å². The molecule has 0 saturated heterocycles. The Labute approximate surface area is 132 Å². The van der Waals surface area contributed by atoms with Gasteiger partial charge in [-0.3, -0.25) is 9.59 Å². The van der Waals surface area contributed by atoms with Gasteiger partial charge in [0.25, 0.3) is 0 Å². The van der Waals surface area contributed by atoms with Gasteiger partial charge in [-0.25, -0.2) is 4.79 Å². The number of hydrogen-bond acceptors (Lipinski definition) is 6. The van der Waals surface area contributed by atoms with Gasteiger partial charge in [-0.2, -0.15) is 0 Å². The van der Waals surface area contributed by atoms with Crippen molar-refractivity contribution in [2.45, 2.75) is 85.0 Å². The van der Waals surface area contributed by atoms with E-state index in [9.17, 15) is 14.4 Å². The number of rotatable bonds is 10. The van der Waals surface area contributed by atoms with Gasteiger partial charge >= 0.3 is 17.9 Å². The van der Waals surface area contributed by atoms with Crippen LogP contribution in [0.3, 0.4) is 0 Å². The zero-order valence-electron chi connectivity index (χ0n) is 14.2. The topological polar surface area (TPSA) is 78.9 Å². The van der Waals surface area contributed by atoms with Gasteiger partial charge in [-0.15, -0.1) is 0 Å². The first-order valence-electron chi connectivity index (χ1n) is 7.87. The Balaban J connectivity index is 4.59. The summed E-state index contributed by atoms with van der Waals surface area (Å²) in [5, 5.41) is 0. The molecule has 0 rings (SSSR count). The van der Waals surface area contributed by atoms with Crippen LogP contribution in [0.25, 0.3) is 0 Å². The smallest absolute Gasteiger partial charge is 0.348 e. The van der Waals surface area contributed by atoms with Crippen molar-refractivity contribution in [3.63, 3.8) is 0 Å². The molecule has 3 atom stereocenters. The molecule has 0 bridgehead atoms. The van der Waals surface area contributed by atoms with Crippen LogP contribution in [-0.2, 0) is 28.6 Å². The second-order valence-electron chi connectivity index (χ2n) is 5.43. The Kier molecular flexibility index (Phi) is 10.2. The fourth-order valence-electron chi connectivity index (χ4n) is 2.00. The first-order chi connectivity index (χ1) is 10.3. The van der Waals surface area contributed by atoms with E-state index in [0.717, 1.165) is 19.3 Å². The minimum atomic E-state index is -1.25. The molecule has 0 N–H and O–H groups in total. The largest absolute Gasteiger partial charge is 0.463 e. The molecule has 0 amide bonds. The lowest BCUT2D eigenvalue weighted by Gasteiger charge is -2.19. The van der Waals surface area contributed by atoms with Gasteiger partial charge in [0.15, 0.2) is 0 Å². The highest BCUT2D eigenvalue weighted by atomic mass is 16.6. The molecule has 128 valence electrons. The molecule has 0 fully saturated rings. The molecule has 0 aromatic heterocycles. The quantitative estimate of drug-likeness (QED) is 0.455. The van der Waals surface area contributed by atoms with Gasteiger partial charge in [0.2, 0.25) is 6.10 Å². The van der Waals surface area contributed by atoms with E-state index < -0.39 is 24.0 Å². The van der Waals surface area contributed by atoms with Crippen LogP contribution in [-0.4, -0.2) is 36.2 Å². The summed E-state index contributed by atoms with van der Waals surface area (Å²) in [4.78, 5) is 34.9. The van der Waals surface area contributed by atoms with Gasteiger partial charge in [0, 0.05) is 6.92 Å². The predicted molar refractivity (Wildman–Crippen MR) is 81.1 cm³/mol. The number of ether oxygens (including phenoxy) is 3. The monoisotopic (exact) mass is 316 g/mol. The molecule has 22 heavy (non-hydrogen) atoms. The Hall–Kier alpha value is -1.59. The highest BCUT2D eigenvalue weighted by Gasteiger charge is 2.29. The molecule has 0 aromatic rings. The summed E-state index contributed by atoms with van der Waals surface area (Å²) in [6.45, 7) is 8.68. The van der Waals surface area contributed by atoms with Crippen LogP contribution >= 0.6 is 0 Å². The van der Waals surface area contributed by atoms with Gasteiger partial charge < -0.3 is 14.2 Å². The van der Waals surface area contributed by atoms with Crippen molar-refractivity contribution < 1.29 is 28.6 Å². The molecule has 0 aliphatic heterocycles. The third-order valence-corrected chi connectivity index (χ3v) is 2.96. The van der Waals surface area contributed by atoms with Crippen molar-refractivity contribution in [3.8, 4) is 0 Å². The number of carbonyl (C=O) groups excluding carboxylic acids is 3. The maximum atomic E-state index is 12.0. The molecule has 0 heterocycles. The van der Waals surface area contributed by atoms with Crippen LogP contribution in [0.4, 0.5) is 0 Å². The molecule has 0 aliphatic carbocycles. The first-order valence-corrected chi connectivity index (χ1v) is 7.87. The molecule has 6 heteroatoms. The summed E-state index contributed by atoms with van der Waals surface area (Å²) in [5.74, 6) is -1.93. The molecule has 0 spiro atoms. The first kappa shape index (κ1) is 20.4. The minimum Gasteiger partial charge on any atom is -0.463 e. The minimum absolute atomic E-state index is 0.231. The van der Waals surface area contributed by atoms with Crippen LogP contribution in [0.15, 0.2) is 0 Å². The Morgan fingerprint density at radius 1 is 0.864 bits per heavy atom.